The Labute approximate surface area is 114 Å². The SMILES string of the molecule is CCOC1CCN(C(c2cccs2)C(C)N)CC1. The topological polar surface area (TPSA) is 38.5 Å². The summed E-state index contributed by atoms with van der Waals surface area (Å²) in [6.07, 6.45) is 2.70. The molecule has 0 aliphatic carbocycles. The molecule has 0 bridgehead atoms. The van der Waals surface area contributed by atoms with Crippen molar-refractivity contribution in [2.24, 2.45) is 5.73 Å². The van der Waals surface area contributed by atoms with Crippen molar-refractivity contribution in [2.45, 2.75) is 44.9 Å². The van der Waals surface area contributed by atoms with E-state index in [2.05, 4.69) is 36.3 Å². The number of nitrogens with zero attached hydrogens (tertiary/aromatic N) is 1. The Bertz CT molecular complexity index is 332. The van der Waals surface area contributed by atoms with Crippen LogP contribution in [0.4, 0.5) is 0 Å². The molecule has 4 heteroatoms. The van der Waals surface area contributed by atoms with Crippen molar-refractivity contribution in [3.63, 3.8) is 0 Å². The Kier molecular flexibility index (Phi) is 5.18. The van der Waals surface area contributed by atoms with E-state index in [1.165, 1.54) is 4.88 Å². The molecule has 2 unspecified atom stereocenters. The molecule has 1 aromatic rings. The molecule has 0 spiro atoms. The first-order valence-electron chi connectivity index (χ1n) is 6.87. The molecule has 0 aromatic carbocycles. The molecule has 1 aromatic heterocycles. The summed E-state index contributed by atoms with van der Waals surface area (Å²) in [4.78, 5) is 3.91. The van der Waals surface area contributed by atoms with Crippen LogP contribution in [-0.4, -0.2) is 36.7 Å². The van der Waals surface area contributed by atoms with Crippen LogP contribution in [0.5, 0.6) is 0 Å². The summed E-state index contributed by atoms with van der Waals surface area (Å²) < 4.78 is 5.71. The van der Waals surface area contributed by atoms with Gasteiger partial charge in [-0.25, -0.2) is 0 Å². The summed E-state index contributed by atoms with van der Waals surface area (Å²) in [5, 5.41) is 2.14. The van der Waals surface area contributed by atoms with Gasteiger partial charge in [0.25, 0.3) is 0 Å². The highest BCUT2D eigenvalue weighted by Crippen LogP contribution is 2.30. The van der Waals surface area contributed by atoms with E-state index in [1.54, 1.807) is 0 Å². The minimum atomic E-state index is 0.173. The van der Waals surface area contributed by atoms with E-state index in [9.17, 15) is 0 Å². The van der Waals surface area contributed by atoms with E-state index >= 15 is 0 Å². The van der Waals surface area contributed by atoms with Gasteiger partial charge in [0.05, 0.1) is 12.1 Å². The average molecular weight is 268 g/mol. The third-order valence-electron chi connectivity index (χ3n) is 3.61. The Morgan fingerprint density at radius 2 is 2.22 bits per heavy atom. The second-order valence-corrected chi connectivity index (χ2v) is 5.99. The average Bonchev–Trinajstić information content (AvgIpc) is 2.85. The lowest BCUT2D eigenvalue weighted by atomic mass is 10.0. The Morgan fingerprint density at radius 3 is 2.72 bits per heavy atom. The van der Waals surface area contributed by atoms with Gasteiger partial charge in [0.2, 0.25) is 0 Å². The lowest BCUT2D eigenvalue weighted by molar-refractivity contribution is 0.00162. The maximum Gasteiger partial charge on any atom is 0.0599 e. The zero-order valence-corrected chi connectivity index (χ0v) is 12.2. The highest BCUT2D eigenvalue weighted by Gasteiger charge is 2.29. The van der Waals surface area contributed by atoms with Crippen LogP contribution in [0.1, 0.15) is 37.6 Å². The van der Waals surface area contributed by atoms with Crippen LogP contribution < -0.4 is 5.73 Å². The van der Waals surface area contributed by atoms with Crippen LogP contribution in [0, 0.1) is 0 Å². The fraction of sp³-hybridized carbons (Fsp3) is 0.714. The predicted molar refractivity (Wildman–Crippen MR) is 76.9 cm³/mol. The fourth-order valence-electron chi connectivity index (χ4n) is 2.79. The van der Waals surface area contributed by atoms with Crippen molar-refractivity contribution in [2.75, 3.05) is 19.7 Å². The molecule has 0 amide bonds. The molecule has 2 N–H and O–H groups in total. The Hall–Kier alpha value is -0.420. The smallest absolute Gasteiger partial charge is 0.0599 e. The van der Waals surface area contributed by atoms with Gasteiger partial charge in [-0.3, -0.25) is 4.90 Å². The van der Waals surface area contributed by atoms with Crippen LogP contribution in [-0.2, 0) is 4.74 Å². The normalized spacial score (nSPS) is 21.9. The lowest BCUT2D eigenvalue weighted by Gasteiger charge is -2.38. The van der Waals surface area contributed by atoms with E-state index in [1.807, 2.05) is 11.3 Å². The first kappa shape index (κ1) is 14.0. The Morgan fingerprint density at radius 1 is 1.50 bits per heavy atom. The maximum absolute atomic E-state index is 6.19. The fourth-order valence-corrected chi connectivity index (χ4v) is 3.76. The van der Waals surface area contributed by atoms with Crippen molar-refractivity contribution in [1.29, 1.82) is 0 Å². The molecule has 1 aliphatic heterocycles. The highest BCUT2D eigenvalue weighted by molar-refractivity contribution is 7.10. The molecular weight excluding hydrogens is 244 g/mol. The largest absolute Gasteiger partial charge is 0.378 e. The second-order valence-electron chi connectivity index (χ2n) is 5.01. The summed E-state index contributed by atoms with van der Waals surface area (Å²) in [7, 11) is 0. The second kappa shape index (κ2) is 6.66. The van der Waals surface area contributed by atoms with Crippen LogP contribution in [0.2, 0.25) is 0 Å². The van der Waals surface area contributed by atoms with Crippen molar-refractivity contribution < 1.29 is 4.74 Å². The van der Waals surface area contributed by atoms with E-state index < -0.39 is 0 Å². The first-order valence-corrected chi connectivity index (χ1v) is 7.75. The van der Waals surface area contributed by atoms with Gasteiger partial charge in [-0.1, -0.05) is 6.07 Å². The number of hydrogen-bond donors (Lipinski definition) is 1. The standard InChI is InChI=1S/C14H24N2OS/c1-3-17-12-6-8-16(9-7-12)14(11(2)15)13-5-4-10-18-13/h4-5,10-12,14H,3,6-9,15H2,1-2H3. The molecule has 1 aliphatic rings. The highest BCUT2D eigenvalue weighted by atomic mass is 32.1. The number of nitrogens with two attached hydrogens (primary N) is 1. The van der Waals surface area contributed by atoms with Gasteiger partial charge in [-0.05, 0) is 38.1 Å². The number of thiophene rings is 1. The van der Waals surface area contributed by atoms with Crippen molar-refractivity contribution in [3.8, 4) is 0 Å². The van der Waals surface area contributed by atoms with Crippen molar-refractivity contribution in [3.05, 3.63) is 22.4 Å². The molecule has 3 nitrogen and oxygen atoms in total. The van der Waals surface area contributed by atoms with Gasteiger partial charge >= 0.3 is 0 Å². The quantitative estimate of drug-likeness (QED) is 0.892. The zero-order chi connectivity index (χ0) is 13.0. The van der Waals surface area contributed by atoms with Gasteiger partial charge in [0.1, 0.15) is 0 Å². The van der Waals surface area contributed by atoms with Crippen LogP contribution in [0.25, 0.3) is 0 Å². The van der Waals surface area contributed by atoms with E-state index in [0.717, 1.165) is 32.5 Å². The molecule has 2 heterocycles. The number of rotatable bonds is 5. The summed E-state index contributed by atoms with van der Waals surface area (Å²) >= 11 is 1.81. The summed E-state index contributed by atoms with van der Waals surface area (Å²) in [5.41, 5.74) is 6.19. The van der Waals surface area contributed by atoms with Gasteiger partial charge in [-0.15, -0.1) is 11.3 Å². The number of ether oxygens (including phenoxy) is 1. The van der Waals surface area contributed by atoms with Gasteiger partial charge in [-0.2, -0.15) is 0 Å². The van der Waals surface area contributed by atoms with Crippen LogP contribution in [0.3, 0.4) is 0 Å². The van der Waals surface area contributed by atoms with Gasteiger partial charge in [0.15, 0.2) is 0 Å². The van der Waals surface area contributed by atoms with Crippen LogP contribution >= 0.6 is 11.3 Å². The summed E-state index contributed by atoms with van der Waals surface area (Å²) in [6, 6.07) is 4.86. The molecule has 1 fully saturated rings. The molecule has 2 rings (SSSR count). The summed E-state index contributed by atoms with van der Waals surface area (Å²) in [5.74, 6) is 0. The van der Waals surface area contributed by atoms with Crippen molar-refractivity contribution >= 4 is 11.3 Å². The third kappa shape index (κ3) is 3.32. The molecule has 102 valence electrons. The molecule has 0 radical (unpaired) electrons. The first-order chi connectivity index (χ1) is 8.72. The molecular formula is C14H24N2OS. The monoisotopic (exact) mass is 268 g/mol. The minimum Gasteiger partial charge on any atom is -0.378 e. The number of piperidine rings is 1. The lowest BCUT2D eigenvalue weighted by Crippen LogP contribution is -2.44. The number of likely N-dealkylation sites (tertiary alicyclic amines) is 1. The molecule has 1 saturated heterocycles. The Balaban J connectivity index is 1.97. The van der Waals surface area contributed by atoms with Crippen molar-refractivity contribution in [1.82, 2.24) is 4.90 Å². The molecule has 2 atom stereocenters. The predicted octanol–water partition coefficient (Wildman–Crippen LogP) is 2.64. The minimum absolute atomic E-state index is 0.173. The van der Waals surface area contributed by atoms with Gasteiger partial charge in [0, 0.05) is 30.6 Å². The van der Waals surface area contributed by atoms with E-state index in [4.69, 9.17) is 10.5 Å². The summed E-state index contributed by atoms with van der Waals surface area (Å²) in [6.45, 7) is 7.19. The van der Waals surface area contributed by atoms with E-state index in [0.29, 0.717) is 12.1 Å². The third-order valence-corrected chi connectivity index (χ3v) is 4.55. The number of hydrogen-bond acceptors (Lipinski definition) is 4. The molecule has 0 saturated carbocycles. The van der Waals surface area contributed by atoms with E-state index in [-0.39, 0.29) is 6.04 Å². The van der Waals surface area contributed by atoms with Crippen LogP contribution in [0.15, 0.2) is 17.5 Å². The zero-order valence-electron chi connectivity index (χ0n) is 11.3. The maximum atomic E-state index is 6.19. The van der Waals surface area contributed by atoms with Gasteiger partial charge < -0.3 is 10.5 Å². The molecule has 18 heavy (non-hydrogen) atoms.